The van der Waals surface area contributed by atoms with Gasteiger partial charge in [0, 0.05) is 9.65 Å². The van der Waals surface area contributed by atoms with E-state index in [1.54, 1.807) is 6.07 Å². The fourth-order valence-corrected chi connectivity index (χ4v) is 1.63. The van der Waals surface area contributed by atoms with Crippen molar-refractivity contribution < 1.29 is 9.18 Å². The van der Waals surface area contributed by atoms with E-state index in [1.165, 1.54) is 18.2 Å². The molecule has 2 nitrogen and oxygen atoms in total. The summed E-state index contributed by atoms with van der Waals surface area (Å²) < 4.78 is 13.4. The SMILES string of the molecule is CC(C)=CC(=O)Nc1ccc(F)cc1I. The van der Waals surface area contributed by atoms with Gasteiger partial charge in [-0.25, -0.2) is 4.39 Å². The van der Waals surface area contributed by atoms with E-state index in [1.807, 2.05) is 36.4 Å². The number of hydrogen-bond acceptors (Lipinski definition) is 1. The Balaban J connectivity index is 2.82. The van der Waals surface area contributed by atoms with Gasteiger partial charge in [-0.05, 0) is 54.6 Å². The zero-order valence-corrected chi connectivity index (χ0v) is 10.6. The Kier molecular flexibility index (Phi) is 4.26. The van der Waals surface area contributed by atoms with Gasteiger partial charge in [-0.1, -0.05) is 5.57 Å². The fraction of sp³-hybridized carbons (Fsp3) is 0.182. The molecule has 0 aliphatic heterocycles. The van der Waals surface area contributed by atoms with Gasteiger partial charge < -0.3 is 5.32 Å². The first kappa shape index (κ1) is 12.2. The molecule has 15 heavy (non-hydrogen) atoms. The van der Waals surface area contributed by atoms with Gasteiger partial charge in [0.05, 0.1) is 5.69 Å². The molecule has 1 rings (SSSR count). The van der Waals surface area contributed by atoms with E-state index in [4.69, 9.17) is 0 Å². The Morgan fingerprint density at radius 2 is 2.13 bits per heavy atom. The van der Waals surface area contributed by atoms with E-state index in [0.29, 0.717) is 9.26 Å². The third-order valence-electron chi connectivity index (χ3n) is 1.61. The zero-order chi connectivity index (χ0) is 11.4. The highest BCUT2D eigenvalue weighted by Crippen LogP contribution is 2.18. The van der Waals surface area contributed by atoms with Crippen LogP contribution in [-0.2, 0) is 4.79 Å². The van der Waals surface area contributed by atoms with Crippen LogP contribution < -0.4 is 5.32 Å². The van der Waals surface area contributed by atoms with Crippen LogP contribution in [0.1, 0.15) is 13.8 Å². The number of hydrogen-bond donors (Lipinski definition) is 1. The molecule has 4 heteroatoms. The van der Waals surface area contributed by atoms with Crippen LogP contribution in [0.3, 0.4) is 0 Å². The standard InChI is InChI=1S/C11H11FINO/c1-7(2)5-11(15)14-10-4-3-8(12)6-9(10)13/h3-6H,1-2H3,(H,14,15). The van der Waals surface area contributed by atoms with Crippen LogP contribution in [0.2, 0.25) is 0 Å². The van der Waals surface area contributed by atoms with Gasteiger partial charge in [0.2, 0.25) is 5.91 Å². The maximum Gasteiger partial charge on any atom is 0.248 e. The van der Waals surface area contributed by atoms with Crippen molar-refractivity contribution in [3.8, 4) is 0 Å². The molecule has 0 aliphatic carbocycles. The number of carbonyl (C=O) groups excluding carboxylic acids is 1. The minimum Gasteiger partial charge on any atom is -0.322 e. The molecule has 80 valence electrons. The first-order valence-electron chi connectivity index (χ1n) is 4.40. The lowest BCUT2D eigenvalue weighted by Crippen LogP contribution is -2.09. The summed E-state index contributed by atoms with van der Waals surface area (Å²) in [5.41, 5.74) is 1.55. The van der Waals surface area contributed by atoms with Gasteiger partial charge in [0.15, 0.2) is 0 Å². The second-order valence-corrected chi connectivity index (χ2v) is 4.50. The van der Waals surface area contributed by atoms with Crippen molar-refractivity contribution in [1.82, 2.24) is 0 Å². The van der Waals surface area contributed by atoms with Crippen molar-refractivity contribution in [2.45, 2.75) is 13.8 Å². The van der Waals surface area contributed by atoms with Crippen LogP contribution in [0.15, 0.2) is 29.8 Å². The van der Waals surface area contributed by atoms with E-state index >= 15 is 0 Å². The number of benzene rings is 1. The highest BCUT2D eigenvalue weighted by Gasteiger charge is 2.03. The largest absolute Gasteiger partial charge is 0.322 e. The minimum atomic E-state index is -0.306. The predicted octanol–water partition coefficient (Wildman–Crippen LogP) is 3.34. The van der Waals surface area contributed by atoms with E-state index < -0.39 is 0 Å². The van der Waals surface area contributed by atoms with Crippen LogP contribution >= 0.6 is 22.6 Å². The van der Waals surface area contributed by atoms with Gasteiger partial charge in [0.25, 0.3) is 0 Å². The average molecular weight is 319 g/mol. The Morgan fingerprint density at radius 1 is 1.47 bits per heavy atom. The molecule has 0 atom stereocenters. The van der Waals surface area contributed by atoms with Crippen molar-refractivity contribution in [2.24, 2.45) is 0 Å². The van der Waals surface area contributed by atoms with Crippen molar-refractivity contribution in [3.05, 3.63) is 39.2 Å². The summed E-state index contributed by atoms with van der Waals surface area (Å²) in [6.45, 7) is 3.68. The highest BCUT2D eigenvalue weighted by molar-refractivity contribution is 14.1. The quantitative estimate of drug-likeness (QED) is 0.657. The maximum atomic E-state index is 12.8. The molecule has 0 aliphatic rings. The van der Waals surface area contributed by atoms with Crippen molar-refractivity contribution in [2.75, 3.05) is 5.32 Å². The molecule has 0 spiro atoms. The number of carbonyl (C=O) groups is 1. The molecule has 0 aromatic heterocycles. The van der Waals surface area contributed by atoms with Crippen LogP contribution in [0, 0.1) is 9.39 Å². The van der Waals surface area contributed by atoms with Gasteiger partial charge in [-0.15, -0.1) is 0 Å². The molecular weight excluding hydrogens is 308 g/mol. The second-order valence-electron chi connectivity index (χ2n) is 3.34. The molecular formula is C11H11FINO. The summed E-state index contributed by atoms with van der Waals surface area (Å²) in [6.07, 6.45) is 1.50. The lowest BCUT2D eigenvalue weighted by Gasteiger charge is -2.05. The molecule has 0 fully saturated rings. The average Bonchev–Trinajstić information content (AvgIpc) is 2.08. The molecule has 0 bridgehead atoms. The van der Waals surface area contributed by atoms with Gasteiger partial charge in [-0.3, -0.25) is 4.79 Å². The van der Waals surface area contributed by atoms with Crippen molar-refractivity contribution >= 4 is 34.2 Å². The molecule has 0 radical (unpaired) electrons. The Bertz CT molecular complexity index is 411. The minimum absolute atomic E-state index is 0.195. The number of amides is 1. The molecule has 1 aromatic carbocycles. The normalized spacial score (nSPS) is 9.60. The zero-order valence-electron chi connectivity index (χ0n) is 8.47. The summed E-state index contributed by atoms with van der Waals surface area (Å²) in [5.74, 6) is -0.501. The number of rotatable bonds is 2. The van der Waals surface area contributed by atoms with E-state index in [2.05, 4.69) is 5.32 Å². The Morgan fingerprint density at radius 3 is 2.67 bits per heavy atom. The summed E-state index contributed by atoms with van der Waals surface area (Å²) in [4.78, 5) is 11.4. The van der Waals surface area contributed by atoms with Crippen LogP contribution in [0.25, 0.3) is 0 Å². The Hall–Kier alpha value is -0.910. The second kappa shape index (κ2) is 5.25. The predicted molar refractivity (Wildman–Crippen MR) is 67.2 cm³/mol. The molecule has 0 saturated carbocycles. The Labute approximate surface area is 102 Å². The summed E-state index contributed by atoms with van der Waals surface area (Å²) in [7, 11) is 0. The van der Waals surface area contributed by atoms with E-state index in [9.17, 15) is 9.18 Å². The molecule has 1 amide bonds. The number of nitrogens with one attached hydrogen (secondary N) is 1. The van der Waals surface area contributed by atoms with Gasteiger partial charge >= 0.3 is 0 Å². The monoisotopic (exact) mass is 319 g/mol. The summed E-state index contributed by atoms with van der Waals surface area (Å²) >= 11 is 1.98. The summed E-state index contributed by atoms with van der Waals surface area (Å²) in [6, 6.07) is 4.24. The van der Waals surface area contributed by atoms with E-state index in [0.717, 1.165) is 5.57 Å². The third kappa shape index (κ3) is 3.99. The fourth-order valence-electron chi connectivity index (χ4n) is 1.02. The van der Waals surface area contributed by atoms with Gasteiger partial charge in [0.1, 0.15) is 5.82 Å². The topological polar surface area (TPSA) is 29.1 Å². The molecule has 0 heterocycles. The smallest absolute Gasteiger partial charge is 0.248 e. The molecule has 1 N–H and O–H groups in total. The number of anilines is 1. The lowest BCUT2D eigenvalue weighted by molar-refractivity contribution is -0.111. The van der Waals surface area contributed by atoms with Crippen LogP contribution in [0.5, 0.6) is 0 Å². The first-order valence-corrected chi connectivity index (χ1v) is 5.48. The highest BCUT2D eigenvalue weighted by atomic mass is 127. The van der Waals surface area contributed by atoms with Crippen molar-refractivity contribution in [3.63, 3.8) is 0 Å². The number of allylic oxidation sites excluding steroid dienone is 1. The van der Waals surface area contributed by atoms with Crippen LogP contribution in [0.4, 0.5) is 10.1 Å². The van der Waals surface area contributed by atoms with E-state index in [-0.39, 0.29) is 11.7 Å². The summed E-state index contributed by atoms with van der Waals surface area (Å²) in [5, 5.41) is 2.68. The van der Waals surface area contributed by atoms with Crippen molar-refractivity contribution in [1.29, 1.82) is 0 Å². The van der Waals surface area contributed by atoms with Gasteiger partial charge in [-0.2, -0.15) is 0 Å². The molecule has 0 unspecified atom stereocenters. The van der Waals surface area contributed by atoms with Crippen LogP contribution in [-0.4, -0.2) is 5.91 Å². The molecule has 0 saturated heterocycles. The molecule has 1 aromatic rings. The lowest BCUT2D eigenvalue weighted by atomic mass is 10.3. The third-order valence-corrected chi connectivity index (χ3v) is 2.50. The maximum absolute atomic E-state index is 12.8. The number of halogens is 2. The first-order chi connectivity index (χ1) is 6.99.